The Morgan fingerprint density at radius 3 is 1.96 bits per heavy atom. The second-order valence-electron chi connectivity index (χ2n) is 4.54. The van der Waals surface area contributed by atoms with Gasteiger partial charge in [-0.05, 0) is 28.3 Å². The molecule has 0 bridgehead atoms. The fourth-order valence-electron chi connectivity index (χ4n) is 1.91. The third-order valence-corrected chi connectivity index (χ3v) is 3.04. The molecule has 0 aromatic heterocycles. The lowest BCUT2D eigenvalue weighted by atomic mass is 10.0. The normalized spacial score (nSPS) is 9.57. The molecule has 23 heavy (non-hydrogen) atoms. The average molecular weight is 304 g/mol. The molecule has 0 saturated carbocycles. The van der Waals surface area contributed by atoms with Crippen LogP contribution in [0.3, 0.4) is 0 Å². The van der Waals surface area contributed by atoms with Crippen LogP contribution in [0, 0.1) is 0 Å². The summed E-state index contributed by atoms with van der Waals surface area (Å²) in [5, 5.41) is 8.53. The molecule has 0 aliphatic carbocycles. The summed E-state index contributed by atoms with van der Waals surface area (Å²) in [5.74, 6) is -0.964. The molecule has 0 spiro atoms. The van der Waals surface area contributed by atoms with Gasteiger partial charge in [0.05, 0.1) is 0 Å². The quantitative estimate of drug-likeness (QED) is 0.751. The van der Waals surface area contributed by atoms with Crippen LogP contribution in [0.4, 0.5) is 0 Å². The number of hydrogen-bond donors (Lipinski definition) is 1. The maximum Gasteiger partial charge on any atom is 0.328 e. The highest BCUT2D eigenvalue weighted by atomic mass is 16.4. The van der Waals surface area contributed by atoms with Gasteiger partial charge < -0.3 is 5.11 Å². The Kier molecular flexibility index (Phi) is 7.59. The van der Waals surface area contributed by atoms with Gasteiger partial charge in [0.1, 0.15) is 0 Å². The van der Waals surface area contributed by atoms with Crippen LogP contribution in [0.1, 0.15) is 22.3 Å². The van der Waals surface area contributed by atoms with Crippen LogP contribution in [0.25, 0.3) is 24.3 Å². The number of carbonyl (C=O) groups is 1. The van der Waals surface area contributed by atoms with Crippen LogP contribution < -0.4 is 0 Å². The maximum absolute atomic E-state index is 10.4. The third kappa shape index (κ3) is 6.02. The molecule has 0 unspecified atom stereocenters. The van der Waals surface area contributed by atoms with Crippen molar-refractivity contribution in [3.63, 3.8) is 0 Å². The first kappa shape index (κ1) is 17.9. The summed E-state index contributed by atoms with van der Waals surface area (Å²) in [5.41, 5.74) is 3.83. The number of carboxylic acid groups (broad SMARTS) is 1. The largest absolute Gasteiger partial charge is 0.478 e. The summed E-state index contributed by atoms with van der Waals surface area (Å²) in [6.45, 7) is 11.0. The summed E-state index contributed by atoms with van der Waals surface area (Å²) in [7, 11) is 0. The third-order valence-electron chi connectivity index (χ3n) is 3.04. The minimum absolute atomic E-state index is 0.824. The predicted molar refractivity (Wildman–Crippen MR) is 99.8 cm³/mol. The van der Waals surface area contributed by atoms with Gasteiger partial charge in [0, 0.05) is 6.08 Å². The van der Waals surface area contributed by atoms with Crippen molar-refractivity contribution in [2.45, 2.75) is 0 Å². The summed E-state index contributed by atoms with van der Waals surface area (Å²) >= 11 is 0. The Labute approximate surface area is 137 Å². The summed E-state index contributed by atoms with van der Waals surface area (Å²) in [6.07, 6.45) is 7.90. The zero-order valence-corrected chi connectivity index (χ0v) is 13.0. The molecule has 0 aliphatic rings. The van der Waals surface area contributed by atoms with Gasteiger partial charge in [0.15, 0.2) is 0 Å². The molecule has 2 aromatic carbocycles. The van der Waals surface area contributed by atoms with E-state index in [1.165, 1.54) is 5.56 Å². The van der Waals surface area contributed by atoms with E-state index < -0.39 is 5.97 Å². The lowest BCUT2D eigenvalue weighted by Crippen LogP contribution is -1.89. The fourth-order valence-corrected chi connectivity index (χ4v) is 1.91. The first-order valence-corrected chi connectivity index (χ1v) is 7.08. The zero-order chi connectivity index (χ0) is 17.1. The first-order chi connectivity index (χ1) is 11.1. The summed E-state index contributed by atoms with van der Waals surface area (Å²) in [4.78, 5) is 10.4. The van der Waals surface area contributed by atoms with Crippen molar-refractivity contribution in [3.8, 4) is 0 Å². The van der Waals surface area contributed by atoms with Crippen LogP contribution in [0.2, 0.25) is 0 Å². The molecule has 2 aromatic rings. The second kappa shape index (κ2) is 9.74. The molecule has 0 atom stereocenters. The highest BCUT2D eigenvalue weighted by Gasteiger charge is 2.00. The Balaban J connectivity index is 0.000000277. The van der Waals surface area contributed by atoms with E-state index >= 15 is 0 Å². The van der Waals surface area contributed by atoms with Crippen molar-refractivity contribution < 1.29 is 9.90 Å². The Bertz CT molecular complexity index is 710. The number of rotatable bonds is 5. The van der Waals surface area contributed by atoms with E-state index in [0.717, 1.165) is 22.8 Å². The molecular weight excluding hydrogens is 284 g/mol. The van der Waals surface area contributed by atoms with E-state index in [9.17, 15) is 4.79 Å². The van der Waals surface area contributed by atoms with Gasteiger partial charge in [-0.25, -0.2) is 4.79 Å². The van der Waals surface area contributed by atoms with E-state index in [1.807, 2.05) is 54.6 Å². The molecule has 0 fully saturated rings. The second-order valence-corrected chi connectivity index (χ2v) is 4.54. The average Bonchev–Trinajstić information content (AvgIpc) is 2.60. The van der Waals surface area contributed by atoms with Crippen LogP contribution in [-0.4, -0.2) is 11.1 Å². The van der Waals surface area contributed by atoms with Crippen molar-refractivity contribution in [1.82, 2.24) is 0 Å². The van der Waals surface area contributed by atoms with E-state index in [1.54, 1.807) is 18.2 Å². The van der Waals surface area contributed by atoms with Crippen molar-refractivity contribution in [3.05, 3.63) is 96.6 Å². The SMILES string of the molecule is C=Cc1cccc(C=CC(=O)O)c1C=C.C=Cc1ccccc1. The zero-order valence-electron chi connectivity index (χ0n) is 13.0. The number of carboxylic acids is 1. The van der Waals surface area contributed by atoms with Crippen molar-refractivity contribution >= 4 is 30.3 Å². The fraction of sp³-hybridized carbons (Fsp3) is 0. The van der Waals surface area contributed by atoms with Gasteiger partial charge >= 0.3 is 5.97 Å². The molecule has 0 saturated heterocycles. The van der Waals surface area contributed by atoms with E-state index in [0.29, 0.717) is 0 Å². The highest BCUT2D eigenvalue weighted by Crippen LogP contribution is 2.18. The van der Waals surface area contributed by atoms with Crippen molar-refractivity contribution in [2.75, 3.05) is 0 Å². The van der Waals surface area contributed by atoms with Gasteiger partial charge in [-0.15, -0.1) is 0 Å². The molecule has 2 heteroatoms. The molecule has 0 amide bonds. The Morgan fingerprint density at radius 2 is 1.48 bits per heavy atom. The van der Waals surface area contributed by atoms with Gasteiger partial charge in [-0.2, -0.15) is 0 Å². The predicted octanol–water partition coefficient (Wildman–Crippen LogP) is 5.40. The summed E-state index contributed by atoms with van der Waals surface area (Å²) in [6, 6.07) is 15.6. The minimum atomic E-state index is -0.964. The van der Waals surface area contributed by atoms with Crippen LogP contribution in [-0.2, 0) is 4.79 Å². The monoisotopic (exact) mass is 304 g/mol. The lowest BCUT2D eigenvalue weighted by molar-refractivity contribution is -0.131. The topological polar surface area (TPSA) is 37.3 Å². The molecule has 0 heterocycles. The van der Waals surface area contributed by atoms with Crippen LogP contribution >= 0.6 is 0 Å². The summed E-state index contributed by atoms with van der Waals surface area (Å²) < 4.78 is 0. The lowest BCUT2D eigenvalue weighted by Gasteiger charge is -2.04. The molecule has 2 rings (SSSR count). The molecular formula is C21H20O2. The maximum atomic E-state index is 10.4. The van der Waals surface area contributed by atoms with Crippen molar-refractivity contribution in [1.29, 1.82) is 0 Å². The number of benzene rings is 2. The van der Waals surface area contributed by atoms with Gasteiger partial charge in [0.2, 0.25) is 0 Å². The highest BCUT2D eigenvalue weighted by molar-refractivity contribution is 5.87. The van der Waals surface area contributed by atoms with Crippen LogP contribution in [0.15, 0.2) is 74.3 Å². The van der Waals surface area contributed by atoms with E-state index in [4.69, 9.17) is 5.11 Å². The van der Waals surface area contributed by atoms with Crippen LogP contribution in [0.5, 0.6) is 0 Å². The first-order valence-electron chi connectivity index (χ1n) is 7.08. The smallest absolute Gasteiger partial charge is 0.328 e. The molecule has 0 radical (unpaired) electrons. The molecule has 2 nitrogen and oxygen atoms in total. The van der Waals surface area contributed by atoms with Gasteiger partial charge in [0.25, 0.3) is 0 Å². The molecule has 1 N–H and O–H groups in total. The van der Waals surface area contributed by atoms with Crippen molar-refractivity contribution in [2.24, 2.45) is 0 Å². The molecule has 0 aliphatic heterocycles. The van der Waals surface area contributed by atoms with Gasteiger partial charge in [-0.1, -0.05) is 86.5 Å². The Hall–Kier alpha value is -3.13. The van der Waals surface area contributed by atoms with E-state index in [-0.39, 0.29) is 0 Å². The van der Waals surface area contributed by atoms with E-state index in [2.05, 4.69) is 19.7 Å². The minimum Gasteiger partial charge on any atom is -0.478 e. The number of aliphatic carboxylic acids is 1. The Morgan fingerprint density at radius 1 is 0.826 bits per heavy atom. The number of hydrogen-bond acceptors (Lipinski definition) is 1. The van der Waals surface area contributed by atoms with Gasteiger partial charge in [-0.3, -0.25) is 0 Å². The standard InChI is InChI=1S/C13H12O2.C8H8/c1-3-10-6-5-7-11(12(10)4-2)8-9-13(14)15;1-2-8-6-4-3-5-7-8/h3-9H,1-2H2,(H,14,15);2-7H,1H2. The molecule has 116 valence electrons.